The second-order valence-electron chi connectivity index (χ2n) is 25.7. The quantitative estimate of drug-likeness (QED) is 0.0309. The van der Waals surface area contributed by atoms with E-state index in [1.54, 1.807) is 0 Å². The number of carboxylic acids is 1. The first kappa shape index (κ1) is 87.9. The molecule has 0 radical (unpaired) electrons. The van der Waals surface area contributed by atoms with Gasteiger partial charge in [0.05, 0.1) is 52.9 Å². The summed E-state index contributed by atoms with van der Waals surface area (Å²) < 4.78 is 104. The molecule has 51 heteroatoms. The summed E-state index contributed by atoms with van der Waals surface area (Å²) in [6, 6.07) is -1.91. The number of phosphoric ester groups is 1. The monoisotopic (exact) mass is 1570 g/mol. The van der Waals surface area contributed by atoms with Crippen LogP contribution < -0.4 is 5.32 Å². The Bertz CT molecular complexity index is 2770. The highest BCUT2D eigenvalue weighted by molar-refractivity contribution is 7.46. The third kappa shape index (κ3) is 18.9. The fraction of sp³-hybridized carbons (Fsp3) is 0.963. The number of phosphoric acid groups is 1. The van der Waals surface area contributed by atoms with Gasteiger partial charge in [-0.2, -0.15) is 0 Å². The van der Waals surface area contributed by atoms with Crippen LogP contribution in [0, 0.1) is 0 Å². The molecule has 105 heavy (non-hydrogen) atoms. The van der Waals surface area contributed by atoms with Gasteiger partial charge in [-0.15, -0.1) is 0 Å². The summed E-state index contributed by atoms with van der Waals surface area (Å²) in [7, 11) is -5.73. The number of aliphatic hydroxyl groups is 27. The third-order valence-electron chi connectivity index (χ3n) is 18.7. The summed E-state index contributed by atoms with van der Waals surface area (Å²) in [5, 5.41) is 311. The maximum atomic E-state index is 12.8. The smallest absolute Gasteiger partial charge is 0.469 e. The van der Waals surface area contributed by atoms with Crippen LogP contribution in [0.4, 0.5) is 0 Å². The van der Waals surface area contributed by atoms with Crippen molar-refractivity contribution in [2.75, 3.05) is 52.9 Å². The van der Waals surface area contributed by atoms with Crippen LogP contribution in [0.25, 0.3) is 0 Å². The van der Waals surface area contributed by atoms with Crippen LogP contribution >= 0.6 is 7.82 Å². The summed E-state index contributed by atoms with van der Waals surface area (Å²) in [6.07, 6.45) is -99.6. The van der Waals surface area contributed by atoms with E-state index in [-0.39, 0.29) is 0 Å². The Labute approximate surface area is 589 Å². The first-order valence-electron chi connectivity index (χ1n) is 32.2. The van der Waals surface area contributed by atoms with Gasteiger partial charge in [0, 0.05) is 6.92 Å². The van der Waals surface area contributed by atoms with Crippen LogP contribution in [0.3, 0.4) is 0 Å². The summed E-state index contributed by atoms with van der Waals surface area (Å²) in [6.45, 7) is -9.55. The molecular weight excluding hydrogens is 1480 g/mol. The fourth-order valence-electron chi connectivity index (χ4n) is 12.9. The zero-order valence-corrected chi connectivity index (χ0v) is 55.4. The number of rotatable bonds is 29. The Morgan fingerprint density at radius 3 is 1.22 bits per heavy atom. The zero-order valence-electron chi connectivity index (χ0n) is 54.5. The van der Waals surface area contributed by atoms with Crippen molar-refractivity contribution in [3.05, 3.63) is 0 Å². The van der Waals surface area contributed by atoms with Crippen molar-refractivity contribution in [1.29, 1.82) is 0 Å². The minimum atomic E-state index is -5.73. The van der Waals surface area contributed by atoms with Crippen molar-refractivity contribution < 1.29 is 243 Å². The fourth-order valence-corrected chi connectivity index (χ4v) is 13.3. The van der Waals surface area contributed by atoms with E-state index in [4.69, 9.17) is 71.1 Å². The summed E-state index contributed by atoms with van der Waals surface area (Å²) in [4.78, 5) is 44.6. The normalized spacial score (nSPS) is 49.0. The number of amides is 1. The molecule has 8 aliphatic rings. The molecule has 0 aromatic rings. The average Bonchev–Trinajstić information content (AvgIpc) is 0.748. The van der Waals surface area contributed by atoms with Gasteiger partial charge < -0.3 is 229 Å². The lowest BCUT2D eigenvalue weighted by molar-refractivity contribution is -0.425. The lowest BCUT2D eigenvalue weighted by atomic mass is 9.89. The van der Waals surface area contributed by atoms with Crippen molar-refractivity contribution in [3.63, 3.8) is 0 Å². The van der Waals surface area contributed by atoms with Gasteiger partial charge in [-0.1, -0.05) is 0 Å². The van der Waals surface area contributed by atoms with Crippen LogP contribution in [0.1, 0.15) is 6.92 Å². The second kappa shape index (κ2) is 36.9. The molecule has 0 aromatic carbocycles. The standard InChI is InChI=1S/C54H92NO49P/c1-10(63)55-19-39(98-47-28(75)24(71)20(67)14(4-58)91-47)23(70)17(7-61)90-46(19)97-38-18(8-62)94-50(31(78)27(38)74)99-40-32(79)35(11(64)2-56)95-52(44(40)103-49-30(77)26(73)22(69)16(6-60)93-49)101-42-34(81)51(100-41-33(80)45(82)54(85,53(83)84)104-37(41)12(65)3-57)96-36(13(66)9-89-105(86,87)88)43(42)102-48-29(76)25(72)21(68)15(5-59)92-48/h11-52,56-62,64-82,85H,2-9H2,1H3,(H,55,63)(H,83,84)(H2,86,87,88)/t11-,12-,13-,14+,15+,16+,17+,18+,19+,20-,21+,22+,23-,24-,25-,26-,27+,28+,29+,30+,31+,32+,33-,34-,35+,36+,37+,38-,39+,40-,41+,42+,43+,44-,45-,46-,47-,48-,49-,50-,51+,52+,54-/m0/s1. The zero-order chi connectivity index (χ0) is 78.1. The number of carbonyl (C=O) groups excluding carboxylic acids is 1. The van der Waals surface area contributed by atoms with E-state index in [9.17, 15) is 167 Å². The van der Waals surface area contributed by atoms with Gasteiger partial charge in [0.15, 0.2) is 44.0 Å². The topological polar surface area (TPSA) is 818 Å². The van der Waals surface area contributed by atoms with Crippen molar-refractivity contribution in [3.8, 4) is 0 Å². The van der Waals surface area contributed by atoms with E-state index >= 15 is 0 Å². The Hall–Kier alpha value is -2.63. The number of aliphatic hydroxyl groups excluding tert-OH is 26. The summed E-state index contributed by atoms with van der Waals surface area (Å²) in [5.41, 5.74) is 0. The highest BCUT2D eigenvalue weighted by Gasteiger charge is 2.65. The number of nitrogens with one attached hydrogen (secondary N) is 1. The highest BCUT2D eigenvalue weighted by atomic mass is 31.2. The molecule has 8 fully saturated rings. The Morgan fingerprint density at radius 1 is 0.390 bits per heavy atom. The van der Waals surface area contributed by atoms with Crippen LogP contribution in [0.15, 0.2) is 0 Å². The van der Waals surface area contributed by atoms with E-state index in [0.717, 1.165) is 6.92 Å². The molecule has 8 aliphatic heterocycles. The molecular formula is C54H92NO49P. The first-order chi connectivity index (χ1) is 49.3. The molecule has 8 rings (SSSR count). The summed E-state index contributed by atoms with van der Waals surface area (Å²) in [5.74, 6) is -7.28. The molecule has 612 valence electrons. The van der Waals surface area contributed by atoms with Crippen molar-refractivity contribution in [1.82, 2.24) is 5.32 Å². The second-order valence-corrected chi connectivity index (χ2v) is 27.0. The maximum Gasteiger partial charge on any atom is 0.469 e. The minimum absolute atomic E-state index is 0.915. The van der Waals surface area contributed by atoms with Gasteiger partial charge in [-0.25, -0.2) is 9.36 Å². The van der Waals surface area contributed by atoms with Crippen LogP contribution in [0.2, 0.25) is 0 Å². The Balaban J connectivity index is 1.23. The van der Waals surface area contributed by atoms with E-state index in [2.05, 4.69) is 9.84 Å². The molecule has 1 amide bonds. The van der Waals surface area contributed by atoms with Gasteiger partial charge in [-0.3, -0.25) is 9.32 Å². The number of ether oxygens (including phenoxy) is 15. The molecule has 43 atom stereocenters. The molecule has 8 heterocycles. The SMILES string of the molecule is CC(=O)N[C@H]1[C@H](O[C@@H]2[C@H](O)[C@@H](O)[C@H](O[C@H]3[C@H](O)[C@@H]([C@@H](O)CO)O[C@H](O[C@@H]4[C@H](O)[C@@H](O[C@@H]5[C@H](O)[C@H](O)[C@@](O)(C(=O)O)O[C@@H]5[C@@H](O)CO)O[C@H]([C@@H](O)COP(=O)(O)O)[C@H]4O[C@@H]4O[C@H](CO)[C@@H](O)[C@H](O)[C@H]4O)[C@H]3O[C@@H]3O[C@H](CO)[C@@H](O)[C@H](O)[C@H]3O)O[C@@H]2CO)O[C@H](CO)[C@H](O)[C@@H]1O[C@@H]1O[C@H](CO)[C@H](O)[C@H](O)[C@H]1O. The van der Waals surface area contributed by atoms with Crippen molar-refractivity contribution in [2.45, 2.75) is 270 Å². The molecule has 0 spiro atoms. The van der Waals surface area contributed by atoms with Crippen LogP contribution in [0.5, 0.6) is 0 Å². The molecule has 8 saturated heterocycles. The lowest BCUT2D eigenvalue weighted by Crippen LogP contribution is -2.73. The predicted octanol–water partition coefficient (Wildman–Crippen LogP) is -20.7. The van der Waals surface area contributed by atoms with Crippen LogP contribution in [-0.2, 0) is 89.7 Å². The van der Waals surface area contributed by atoms with Gasteiger partial charge in [0.25, 0.3) is 5.79 Å². The number of hydrogen-bond donors (Lipinski definition) is 31. The molecule has 0 aliphatic carbocycles. The maximum absolute atomic E-state index is 12.8. The third-order valence-corrected chi connectivity index (χ3v) is 19.2. The molecule has 0 aromatic heterocycles. The summed E-state index contributed by atoms with van der Waals surface area (Å²) >= 11 is 0. The van der Waals surface area contributed by atoms with Gasteiger partial charge in [0.2, 0.25) is 5.91 Å². The van der Waals surface area contributed by atoms with E-state index < -0.39 is 336 Å². The minimum Gasteiger partial charge on any atom is -0.477 e. The van der Waals surface area contributed by atoms with E-state index in [1.165, 1.54) is 0 Å². The molecule has 0 saturated carbocycles. The van der Waals surface area contributed by atoms with Crippen molar-refractivity contribution in [2.24, 2.45) is 0 Å². The number of carbonyl (C=O) groups is 2. The van der Waals surface area contributed by atoms with Gasteiger partial charge in [-0.05, 0) is 0 Å². The van der Waals surface area contributed by atoms with E-state index in [0.29, 0.717) is 0 Å². The first-order valence-corrected chi connectivity index (χ1v) is 33.8. The number of hydrogen-bond acceptors (Lipinski definition) is 46. The molecule has 50 nitrogen and oxygen atoms in total. The van der Waals surface area contributed by atoms with Gasteiger partial charge >= 0.3 is 13.8 Å². The number of carboxylic acid groups (broad SMARTS) is 1. The van der Waals surface area contributed by atoms with E-state index in [1.807, 2.05) is 0 Å². The molecule has 31 N–H and O–H groups in total. The largest absolute Gasteiger partial charge is 0.477 e. The Morgan fingerprint density at radius 2 is 0.762 bits per heavy atom. The van der Waals surface area contributed by atoms with Gasteiger partial charge in [0.1, 0.15) is 214 Å². The molecule has 0 bridgehead atoms. The Kier molecular flexibility index (Phi) is 30.9. The lowest BCUT2D eigenvalue weighted by Gasteiger charge is -2.53. The van der Waals surface area contributed by atoms with Crippen molar-refractivity contribution >= 4 is 19.7 Å². The average molecular weight is 1570 g/mol. The van der Waals surface area contributed by atoms with Crippen LogP contribution in [-0.4, -0.2) is 481 Å². The number of aliphatic carboxylic acids is 1. The molecule has 0 unspecified atom stereocenters. The highest BCUT2D eigenvalue weighted by Crippen LogP contribution is 2.43. The predicted molar refractivity (Wildman–Crippen MR) is 312 cm³/mol.